The van der Waals surface area contributed by atoms with Gasteiger partial charge in [0.1, 0.15) is 25.4 Å². The van der Waals surface area contributed by atoms with Gasteiger partial charge in [-0.15, -0.1) is 0 Å². The van der Waals surface area contributed by atoms with Gasteiger partial charge in [-0.3, -0.25) is 33.6 Å². The third-order valence-electron chi connectivity index (χ3n) is 16.5. The summed E-state index contributed by atoms with van der Waals surface area (Å²) in [6.45, 7) is 19.0. The molecule has 5 fully saturated rings. The maximum absolute atomic E-state index is 13.0. The molecule has 2 saturated heterocycles. The van der Waals surface area contributed by atoms with Crippen LogP contribution in [0, 0.1) is 46.3 Å². The molecule has 400 valence electrons. The Morgan fingerprint density at radius 3 is 1.61 bits per heavy atom. The van der Waals surface area contributed by atoms with Crippen molar-refractivity contribution in [3.8, 4) is 0 Å². The molecule has 4 aliphatic carbocycles. The van der Waals surface area contributed by atoms with E-state index < -0.39 is 123 Å². The lowest BCUT2D eigenvalue weighted by Gasteiger charge is -2.58. The zero-order chi connectivity index (χ0) is 52.1. The summed E-state index contributed by atoms with van der Waals surface area (Å²) >= 11 is 0. The summed E-state index contributed by atoms with van der Waals surface area (Å²) in [6.07, 6.45) is -1.39. The number of carbonyl (C=O) groups excluding carboxylic acids is 7. The van der Waals surface area contributed by atoms with Gasteiger partial charge in [0.2, 0.25) is 0 Å². The van der Waals surface area contributed by atoms with Crippen molar-refractivity contribution in [1.29, 1.82) is 0 Å². The summed E-state index contributed by atoms with van der Waals surface area (Å²) < 4.78 is 65.8. The van der Waals surface area contributed by atoms with Gasteiger partial charge in [0.15, 0.2) is 49.2 Å². The number of hydrogen-bond acceptors (Lipinski definition) is 18. The Bertz CT molecular complexity index is 1970. The summed E-state index contributed by atoms with van der Waals surface area (Å²) in [5.41, 5.74) is 1.59. The second-order valence-electron chi connectivity index (χ2n) is 22.0. The fourth-order valence-electron chi connectivity index (χ4n) is 13.5. The fourth-order valence-corrected chi connectivity index (χ4v) is 13.5. The minimum Gasteiger partial charge on any atom is -0.463 e. The van der Waals surface area contributed by atoms with Crippen LogP contribution in [-0.2, 0) is 85.7 Å². The van der Waals surface area contributed by atoms with E-state index in [0.717, 1.165) is 66.2 Å². The minimum absolute atomic E-state index is 0.0543. The highest BCUT2D eigenvalue weighted by molar-refractivity contribution is 5.69. The van der Waals surface area contributed by atoms with Crippen LogP contribution in [0.2, 0.25) is 0 Å². The van der Waals surface area contributed by atoms with Crippen LogP contribution in [0.3, 0.4) is 0 Å². The lowest BCUT2D eigenvalue weighted by molar-refractivity contribution is -0.373. The van der Waals surface area contributed by atoms with Gasteiger partial charge >= 0.3 is 41.8 Å². The molecule has 0 unspecified atom stereocenters. The van der Waals surface area contributed by atoms with Crippen molar-refractivity contribution >= 4 is 41.8 Å². The Hall–Kier alpha value is -4.13. The van der Waals surface area contributed by atoms with Crippen molar-refractivity contribution in [3.63, 3.8) is 0 Å². The van der Waals surface area contributed by atoms with E-state index in [1.807, 2.05) is 0 Å². The van der Waals surface area contributed by atoms with Crippen LogP contribution >= 0.6 is 0 Å². The molecule has 0 aromatic carbocycles. The largest absolute Gasteiger partial charge is 0.463 e. The first-order valence-electron chi connectivity index (χ1n) is 25.9. The maximum Gasteiger partial charge on any atom is 0.303 e. The maximum atomic E-state index is 13.0. The van der Waals surface area contributed by atoms with Crippen LogP contribution < -0.4 is 0 Å². The van der Waals surface area contributed by atoms with Gasteiger partial charge in [-0.05, 0) is 97.7 Å². The molecule has 0 N–H and O–H groups in total. The predicted octanol–water partition coefficient (Wildman–Crippen LogP) is 7.03. The molecule has 71 heavy (non-hydrogen) atoms. The molecule has 0 bridgehead atoms. The lowest BCUT2D eigenvalue weighted by atomic mass is 9.47. The lowest BCUT2D eigenvalue weighted by Crippen LogP contribution is -2.67. The molecule has 0 aromatic heterocycles. The average molecular weight is 1010 g/mol. The highest BCUT2D eigenvalue weighted by Crippen LogP contribution is 2.67. The van der Waals surface area contributed by atoms with Crippen molar-refractivity contribution in [1.82, 2.24) is 0 Å². The topological polar surface area (TPSA) is 221 Å². The van der Waals surface area contributed by atoms with E-state index in [4.69, 9.17) is 52.1 Å². The number of fused-ring (bicyclic) bond motifs is 5. The molecule has 2 aliphatic heterocycles. The third kappa shape index (κ3) is 13.4. The smallest absolute Gasteiger partial charge is 0.303 e. The molecule has 0 aromatic rings. The minimum atomic E-state index is -1.76. The molecular weight excluding hydrogens is 925 g/mol. The number of ether oxygens (including phenoxy) is 11. The Morgan fingerprint density at radius 1 is 0.577 bits per heavy atom. The van der Waals surface area contributed by atoms with Gasteiger partial charge in [0, 0.05) is 48.5 Å². The van der Waals surface area contributed by atoms with Gasteiger partial charge in [-0.2, -0.15) is 0 Å². The second kappa shape index (κ2) is 23.8. The Morgan fingerprint density at radius 2 is 1.08 bits per heavy atom. The second-order valence-corrected chi connectivity index (χ2v) is 22.0. The van der Waals surface area contributed by atoms with E-state index in [9.17, 15) is 33.6 Å². The van der Waals surface area contributed by atoms with Crippen molar-refractivity contribution < 1.29 is 85.7 Å². The zero-order valence-electron chi connectivity index (χ0n) is 43.9. The number of esters is 7. The van der Waals surface area contributed by atoms with Crippen LogP contribution in [-0.4, -0.2) is 123 Å². The molecule has 18 nitrogen and oxygen atoms in total. The summed E-state index contributed by atoms with van der Waals surface area (Å²) in [4.78, 5) is 88.1. The molecule has 18 heteroatoms. The van der Waals surface area contributed by atoms with Gasteiger partial charge in [-0.1, -0.05) is 65.5 Å². The number of rotatable bonds is 18. The Labute approximate surface area is 418 Å². The van der Waals surface area contributed by atoms with Crippen LogP contribution in [0.25, 0.3) is 0 Å². The van der Waals surface area contributed by atoms with Gasteiger partial charge in [0.25, 0.3) is 0 Å². The molecule has 0 radical (unpaired) electrons. The van der Waals surface area contributed by atoms with Crippen LogP contribution in [0.5, 0.6) is 0 Å². The first-order chi connectivity index (χ1) is 33.4. The number of carbonyl (C=O) groups is 7. The van der Waals surface area contributed by atoms with Gasteiger partial charge in [-0.25, -0.2) is 0 Å². The molecule has 18 atom stereocenters. The third-order valence-corrected chi connectivity index (χ3v) is 16.5. The van der Waals surface area contributed by atoms with Crippen molar-refractivity contribution in [2.24, 2.45) is 46.3 Å². The SMILES string of the molecule is CC(=O)OC[C@H]1O[C@@H](O[C@H]2[C@H](O[C@H]3CC[C@@]4(C)C(=CC[C@H]5[C@@H]6CC[C@H]([C@H](C)CCCC(C)C)[C@@]6(C)CC[C@@H]54)C3)O[C@H](COC(C)=O)[C@@H](OC(C)=O)[C@@H]2OC(C)=O)[C@H](OC(C)=O)[C@@H](OC(C)=O)[C@@H]1OC(C)=O. The Kier molecular flexibility index (Phi) is 18.8. The van der Waals surface area contributed by atoms with Gasteiger partial charge < -0.3 is 52.1 Å². The van der Waals surface area contributed by atoms with E-state index in [1.54, 1.807) is 0 Å². The quantitative estimate of drug-likeness (QED) is 0.0764. The molecule has 6 rings (SSSR count). The summed E-state index contributed by atoms with van der Waals surface area (Å²) in [5, 5.41) is 0. The molecule has 3 saturated carbocycles. The van der Waals surface area contributed by atoms with E-state index in [1.165, 1.54) is 57.4 Å². The van der Waals surface area contributed by atoms with Crippen molar-refractivity contribution in [2.45, 2.75) is 221 Å². The van der Waals surface area contributed by atoms with E-state index >= 15 is 0 Å². The highest BCUT2D eigenvalue weighted by Gasteiger charge is 2.61. The highest BCUT2D eigenvalue weighted by atomic mass is 16.8. The molecule has 2 heterocycles. The predicted molar refractivity (Wildman–Crippen MR) is 251 cm³/mol. The molecule has 0 amide bonds. The Balaban J connectivity index is 1.33. The zero-order valence-corrected chi connectivity index (χ0v) is 43.9. The van der Waals surface area contributed by atoms with E-state index in [0.29, 0.717) is 41.9 Å². The number of hydrogen-bond donors (Lipinski definition) is 0. The first-order valence-corrected chi connectivity index (χ1v) is 25.9. The monoisotopic (exact) mass is 1000 g/mol. The van der Waals surface area contributed by atoms with Crippen molar-refractivity contribution in [2.75, 3.05) is 13.2 Å². The summed E-state index contributed by atoms with van der Waals surface area (Å²) in [6, 6.07) is 0. The van der Waals surface area contributed by atoms with Crippen LogP contribution in [0.4, 0.5) is 0 Å². The van der Waals surface area contributed by atoms with E-state index in [-0.39, 0.29) is 5.41 Å². The van der Waals surface area contributed by atoms with Crippen molar-refractivity contribution in [3.05, 3.63) is 11.6 Å². The summed E-state index contributed by atoms with van der Waals surface area (Å²) in [5.74, 6) is -1.59. The number of allylic oxidation sites excluding steroid dienone is 1. The molecular formula is C53H80O18. The van der Waals surface area contributed by atoms with Crippen LogP contribution in [0.1, 0.15) is 154 Å². The van der Waals surface area contributed by atoms with Gasteiger partial charge in [0.05, 0.1) is 6.10 Å². The van der Waals surface area contributed by atoms with Crippen LogP contribution in [0.15, 0.2) is 11.6 Å². The molecule has 0 spiro atoms. The average Bonchev–Trinajstić information content (AvgIpc) is 3.62. The van der Waals surface area contributed by atoms with E-state index in [2.05, 4.69) is 40.7 Å². The molecule has 6 aliphatic rings. The normalized spacial score (nSPS) is 37.9. The fraction of sp³-hybridized carbons (Fsp3) is 0.830. The first kappa shape index (κ1) is 56.2. The standard InChI is InChI=1S/C53H80O18/c1-27(2)14-13-15-28(3)39-18-19-40-38-17-16-36-24-37(20-22-52(36,11)41(38)21-23-53(39,40)12)68-50-49(47(66-34(9)59)45(64-32(7)57)42(69-50)25-61-29(4)54)71-51-48(67-35(10)60)46(65-33(8)58)44(63-31(6)56)43(70-51)26-62-30(5)55/h16,27-28,37-51H,13-15,17-26H2,1-12H3/t28-,37+,38+,39-,40+,41+,42-,43-,44-,45-,46+,47+,48-,49-,50-,51+,52+,53-/m1/s1. The summed E-state index contributed by atoms with van der Waals surface area (Å²) in [7, 11) is 0.